The first-order valence-corrected chi connectivity index (χ1v) is 16.0. The van der Waals surface area contributed by atoms with Crippen molar-refractivity contribution in [1.29, 1.82) is 0 Å². The zero-order valence-electron chi connectivity index (χ0n) is 21.3. The summed E-state index contributed by atoms with van der Waals surface area (Å²) in [6.45, 7) is -0.932. The molecule has 0 bridgehead atoms. The van der Waals surface area contributed by atoms with E-state index in [2.05, 4.69) is 21.0 Å². The normalized spacial score (nSPS) is 24.9. The van der Waals surface area contributed by atoms with Crippen LogP contribution in [0, 0.1) is 0 Å². The van der Waals surface area contributed by atoms with Gasteiger partial charge in [-0.3, -0.25) is 24.3 Å². The van der Waals surface area contributed by atoms with Gasteiger partial charge in [-0.05, 0) is 25.0 Å². The number of allylic oxidation sites excluding steroid dienone is 2. The van der Waals surface area contributed by atoms with Crippen LogP contribution < -0.4 is 16.4 Å². The Morgan fingerprint density at radius 3 is 2.38 bits per heavy atom. The van der Waals surface area contributed by atoms with Crippen molar-refractivity contribution in [3.8, 4) is 0 Å². The molecule has 220 valence electrons. The third-order valence-corrected chi connectivity index (χ3v) is 10.1. The Balaban J connectivity index is 1.64. The average molecular weight is 603 g/mol. The van der Waals surface area contributed by atoms with Gasteiger partial charge in [0.2, 0.25) is 0 Å². The number of hydrazone groups is 1. The molecule has 2 fully saturated rings. The van der Waals surface area contributed by atoms with Crippen LogP contribution >= 0.6 is 0 Å². The SMILES string of the molecule is O=C(NCO)C1=NN(C2CCS(=O)(=O)C2)C(=O)/C1=C\C=C\c1c(CONCCO)[nH]n(C2CCS(=O)(=O)C2)c1=O. The summed E-state index contributed by atoms with van der Waals surface area (Å²) in [7, 11) is -6.64. The molecule has 0 aromatic carbocycles. The van der Waals surface area contributed by atoms with E-state index in [4.69, 9.17) is 15.1 Å². The molecule has 4 heterocycles. The lowest BCUT2D eigenvalue weighted by molar-refractivity contribution is -0.127. The third kappa shape index (κ3) is 6.58. The number of aromatic amines is 1. The number of carbonyl (C=O) groups excluding carboxylic acids is 2. The standard InChI is InChI=1S/C22H30N6O10S2/c29-7-6-24-38-10-18-16(21(32)27(25-18)14-4-8-39(34,35)11-14)2-1-3-17-19(20(31)23-13-30)26-28(22(17)33)15-5-9-40(36,37)12-15/h1-3,14-15,24-25,29-30H,4-13H2,(H,23,31)/b2-1+,17-3-. The first kappa shape index (κ1) is 29.8. The molecule has 5 N–H and O–H groups in total. The van der Waals surface area contributed by atoms with E-state index in [0.717, 1.165) is 5.01 Å². The number of nitrogens with zero attached hydrogens (tertiary/aromatic N) is 3. The van der Waals surface area contributed by atoms with Crippen LogP contribution in [-0.2, 0) is 40.7 Å². The molecule has 1 aromatic heterocycles. The number of carbonyl (C=O) groups is 2. The highest BCUT2D eigenvalue weighted by Gasteiger charge is 2.42. The van der Waals surface area contributed by atoms with Crippen molar-refractivity contribution in [1.82, 2.24) is 25.6 Å². The van der Waals surface area contributed by atoms with Gasteiger partial charge in [0.25, 0.3) is 17.4 Å². The number of H-pyrrole nitrogens is 1. The molecule has 2 atom stereocenters. The third-order valence-electron chi connectivity index (χ3n) is 6.57. The van der Waals surface area contributed by atoms with E-state index in [9.17, 15) is 31.2 Å². The van der Waals surface area contributed by atoms with E-state index in [0.29, 0.717) is 0 Å². The molecule has 3 aliphatic rings. The lowest BCUT2D eigenvalue weighted by Crippen LogP contribution is -2.34. The van der Waals surface area contributed by atoms with E-state index in [1.54, 1.807) is 0 Å². The largest absolute Gasteiger partial charge is 0.395 e. The van der Waals surface area contributed by atoms with E-state index in [-0.39, 0.29) is 78.2 Å². The van der Waals surface area contributed by atoms with Gasteiger partial charge >= 0.3 is 0 Å². The highest BCUT2D eigenvalue weighted by Crippen LogP contribution is 2.26. The fourth-order valence-corrected chi connectivity index (χ4v) is 8.03. The summed E-state index contributed by atoms with van der Waals surface area (Å²) in [6, 6.07) is -1.35. The zero-order valence-corrected chi connectivity index (χ0v) is 22.9. The Kier molecular flexibility index (Phi) is 9.06. The summed E-state index contributed by atoms with van der Waals surface area (Å²) in [4.78, 5) is 44.1. The number of sulfone groups is 2. The minimum absolute atomic E-state index is 0.0524. The van der Waals surface area contributed by atoms with Crippen LogP contribution in [0.2, 0.25) is 0 Å². The van der Waals surface area contributed by atoms with Crippen molar-refractivity contribution < 1.29 is 41.5 Å². The number of hydrogen-bond acceptors (Lipinski definition) is 12. The maximum absolute atomic E-state index is 13.2. The van der Waals surface area contributed by atoms with E-state index in [1.165, 1.54) is 22.9 Å². The number of nitrogens with one attached hydrogen (secondary N) is 3. The number of aromatic nitrogens is 2. The lowest BCUT2D eigenvalue weighted by Gasteiger charge is -2.17. The maximum Gasteiger partial charge on any atom is 0.276 e. The van der Waals surface area contributed by atoms with Crippen molar-refractivity contribution >= 4 is 43.3 Å². The highest BCUT2D eigenvalue weighted by molar-refractivity contribution is 7.91. The Labute approximate surface area is 229 Å². The number of hydrogen-bond donors (Lipinski definition) is 5. The summed E-state index contributed by atoms with van der Waals surface area (Å²) >= 11 is 0. The van der Waals surface area contributed by atoms with Crippen LogP contribution in [0.5, 0.6) is 0 Å². The van der Waals surface area contributed by atoms with Gasteiger partial charge in [-0.15, -0.1) is 0 Å². The quantitative estimate of drug-likeness (QED) is 0.0739. The maximum atomic E-state index is 13.2. The molecule has 40 heavy (non-hydrogen) atoms. The Bertz CT molecular complexity index is 1520. The number of hydroxylamine groups is 1. The minimum Gasteiger partial charge on any atom is -0.395 e. The molecular weight excluding hydrogens is 572 g/mol. The van der Waals surface area contributed by atoms with Gasteiger partial charge in [0.15, 0.2) is 25.4 Å². The van der Waals surface area contributed by atoms with Crippen molar-refractivity contribution in [2.75, 3.05) is 42.9 Å². The fourth-order valence-electron chi connectivity index (χ4n) is 4.64. The average Bonchev–Trinajstić information content (AvgIpc) is 3.62. The van der Waals surface area contributed by atoms with Crippen molar-refractivity contribution in [3.05, 3.63) is 39.3 Å². The van der Waals surface area contributed by atoms with E-state index in [1.807, 2.05) is 0 Å². The zero-order chi connectivity index (χ0) is 29.1. The molecule has 2 amide bonds. The number of aliphatic hydroxyl groups is 2. The first-order valence-electron chi connectivity index (χ1n) is 12.4. The molecule has 18 heteroatoms. The second-order valence-corrected chi connectivity index (χ2v) is 13.9. The van der Waals surface area contributed by atoms with Gasteiger partial charge in [0.05, 0.1) is 58.5 Å². The van der Waals surface area contributed by atoms with E-state index >= 15 is 0 Å². The van der Waals surface area contributed by atoms with Crippen LogP contribution in [0.25, 0.3) is 6.08 Å². The number of aliphatic hydroxyl groups excluding tert-OH is 2. The summed E-state index contributed by atoms with van der Waals surface area (Å²) in [5.41, 5.74) is 1.88. The lowest BCUT2D eigenvalue weighted by atomic mass is 10.1. The second kappa shape index (κ2) is 12.1. The van der Waals surface area contributed by atoms with Crippen LogP contribution in [-0.4, -0.2) is 108 Å². The predicted molar refractivity (Wildman–Crippen MR) is 141 cm³/mol. The first-order chi connectivity index (χ1) is 19.0. The van der Waals surface area contributed by atoms with Crippen LogP contribution in [0.1, 0.15) is 30.1 Å². The fraction of sp³-hybridized carbons (Fsp3) is 0.545. The predicted octanol–water partition coefficient (Wildman–Crippen LogP) is -3.06. The molecule has 3 aliphatic heterocycles. The van der Waals surface area contributed by atoms with Crippen LogP contribution in [0.3, 0.4) is 0 Å². The number of amides is 2. The molecule has 0 aliphatic carbocycles. The summed E-state index contributed by atoms with van der Waals surface area (Å²) in [6.07, 6.45) is 4.33. The molecule has 4 rings (SSSR count). The summed E-state index contributed by atoms with van der Waals surface area (Å²) in [5, 5.41) is 28.0. The topological polar surface area (TPSA) is 230 Å². The Hall–Kier alpha value is -3.16. The Morgan fingerprint density at radius 2 is 1.77 bits per heavy atom. The molecule has 2 unspecified atom stereocenters. The number of rotatable bonds is 11. The molecule has 0 spiro atoms. The summed E-state index contributed by atoms with van der Waals surface area (Å²) < 4.78 is 49.0. The van der Waals surface area contributed by atoms with Crippen LogP contribution in [0.4, 0.5) is 0 Å². The second-order valence-electron chi connectivity index (χ2n) is 9.40. The molecule has 1 aromatic rings. The van der Waals surface area contributed by atoms with E-state index < -0.39 is 55.9 Å². The molecule has 2 saturated heterocycles. The van der Waals surface area contributed by atoms with Crippen LogP contribution in [0.15, 0.2) is 27.6 Å². The van der Waals surface area contributed by atoms with Crippen molar-refractivity contribution in [2.45, 2.75) is 31.5 Å². The highest BCUT2D eigenvalue weighted by atomic mass is 32.2. The molecule has 16 nitrogen and oxygen atoms in total. The minimum atomic E-state index is -3.35. The monoisotopic (exact) mass is 602 g/mol. The smallest absolute Gasteiger partial charge is 0.276 e. The van der Waals surface area contributed by atoms with Gasteiger partial charge in [-0.1, -0.05) is 6.08 Å². The van der Waals surface area contributed by atoms with Crippen molar-refractivity contribution in [3.63, 3.8) is 0 Å². The van der Waals surface area contributed by atoms with Crippen molar-refractivity contribution in [2.24, 2.45) is 5.10 Å². The molecular formula is C22H30N6O10S2. The summed E-state index contributed by atoms with van der Waals surface area (Å²) in [5.74, 6) is -2.24. The molecule has 0 radical (unpaired) electrons. The van der Waals surface area contributed by atoms with Gasteiger partial charge in [-0.2, -0.15) is 10.6 Å². The van der Waals surface area contributed by atoms with Gasteiger partial charge < -0.3 is 15.5 Å². The van der Waals surface area contributed by atoms with Gasteiger partial charge in [0, 0.05) is 6.54 Å². The molecule has 0 saturated carbocycles. The van der Waals surface area contributed by atoms with Gasteiger partial charge in [0.1, 0.15) is 13.3 Å². The van der Waals surface area contributed by atoms with Gasteiger partial charge in [-0.25, -0.2) is 26.5 Å². The Morgan fingerprint density at radius 1 is 1.10 bits per heavy atom.